The van der Waals surface area contributed by atoms with Crippen molar-refractivity contribution in [2.45, 2.75) is 58.4 Å². The van der Waals surface area contributed by atoms with Crippen molar-refractivity contribution in [1.29, 1.82) is 0 Å². The minimum atomic E-state index is -0.0800. The number of rotatable bonds is 6. The Morgan fingerprint density at radius 2 is 2.24 bits per heavy atom. The number of aromatic nitrogens is 4. The maximum absolute atomic E-state index is 12.8. The van der Waals surface area contributed by atoms with E-state index in [2.05, 4.69) is 29.1 Å². The molecule has 0 N–H and O–H groups in total. The summed E-state index contributed by atoms with van der Waals surface area (Å²) in [5.41, 5.74) is 1.08. The molecule has 0 aromatic carbocycles. The van der Waals surface area contributed by atoms with Crippen molar-refractivity contribution in [2.75, 3.05) is 6.54 Å². The van der Waals surface area contributed by atoms with Crippen LogP contribution in [0.2, 0.25) is 0 Å². The second-order valence-corrected chi connectivity index (χ2v) is 7.27. The molecule has 0 radical (unpaired) electrons. The standard InChI is InChI=1S/C18H27N5O2/c1-13(2)10-16-20-18(25-21-16)15-6-4-5-9-23(15)17(24)8-7-14-11-19-22(3)12-14/h11-13,15H,4-10H2,1-3H3. The molecule has 7 nitrogen and oxygen atoms in total. The van der Waals surface area contributed by atoms with Crippen molar-refractivity contribution in [3.05, 3.63) is 29.7 Å². The van der Waals surface area contributed by atoms with E-state index in [4.69, 9.17) is 4.52 Å². The zero-order valence-electron chi connectivity index (χ0n) is 15.3. The van der Waals surface area contributed by atoms with Crippen LogP contribution in [0.4, 0.5) is 0 Å². The van der Waals surface area contributed by atoms with Gasteiger partial charge in [-0.3, -0.25) is 9.48 Å². The van der Waals surface area contributed by atoms with Gasteiger partial charge in [-0.2, -0.15) is 10.1 Å². The lowest BCUT2D eigenvalue weighted by atomic mass is 10.0. The minimum absolute atomic E-state index is 0.0800. The third kappa shape index (κ3) is 4.46. The predicted octanol–water partition coefficient (Wildman–Crippen LogP) is 2.69. The van der Waals surface area contributed by atoms with Gasteiger partial charge in [-0.15, -0.1) is 0 Å². The van der Waals surface area contributed by atoms with Gasteiger partial charge in [-0.25, -0.2) is 0 Å². The van der Waals surface area contributed by atoms with Gasteiger partial charge in [0.1, 0.15) is 6.04 Å². The largest absolute Gasteiger partial charge is 0.337 e. The average molecular weight is 345 g/mol. The van der Waals surface area contributed by atoms with Crippen LogP contribution >= 0.6 is 0 Å². The topological polar surface area (TPSA) is 77.0 Å². The van der Waals surface area contributed by atoms with Gasteiger partial charge in [0, 0.05) is 32.6 Å². The summed E-state index contributed by atoms with van der Waals surface area (Å²) in [4.78, 5) is 19.2. The van der Waals surface area contributed by atoms with E-state index in [1.807, 2.05) is 24.3 Å². The van der Waals surface area contributed by atoms with Gasteiger partial charge in [0.25, 0.3) is 0 Å². The molecule has 2 aromatic heterocycles. The van der Waals surface area contributed by atoms with E-state index in [-0.39, 0.29) is 11.9 Å². The Morgan fingerprint density at radius 3 is 2.96 bits per heavy atom. The van der Waals surface area contributed by atoms with E-state index in [1.54, 1.807) is 4.68 Å². The molecule has 3 heterocycles. The number of amides is 1. The number of carbonyl (C=O) groups excluding carboxylic acids is 1. The van der Waals surface area contributed by atoms with E-state index in [9.17, 15) is 4.79 Å². The quantitative estimate of drug-likeness (QED) is 0.804. The van der Waals surface area contributed by atoms with Gasteiger partial charge in [-0.1, -0.05) is 19.0 Å². The molecule has 3 rings (SSSR count). The number of hydrogen-bond donors (Lipinski definition) is 0. The van der Waals surface area contributed by atoms with Crippen LogP contribution < -0.4 is 0 Å². The first-order valence-corrected chi connectivity index (χ1v) is 9.12. The highest BCUT2D eigenvalue weighted by Crippen LogP contribution is 2.30. The molecule has 7 heteroatoms. The van der Waals surface area contributed by atoms with Crippen molar-refractivity contribution in [3.63, 3.8) is 0 Å². The van der Waals surface area contributed by atoms with E-state index in [0.717, 1.165) is 43.6 Å². The molecular weight excluding hydrogens is 318 g/mol. The van der Waals surface area contributed by atoms with Crippen LogP contribution in [0.3, 0.4) is 0 Å². The molecule has 0 saturated carbocycles. The van der Waals surface area contributed by atoms with Crippen LogP contribution in [0, 0.1) is 5.92 Å². The number of piperidine rings is 1. The molecule has 1 fully saturated rings. The molecule has 1 saturated heterocycles. The van der Waals surface area contributed by atoms with Crippen molar-refractivity contribution in [3.8, 4) is 0 Å². The molecule has 25 heavy (non-hydrogen) atoms. The molecule has 136 valence electrons. The molecule has 1 aliphatic heterocycles. The first-order valence-electron chi connectivity index (χ1n) is 9.12. The lowest BCUT2D eigenvalue weighted by Crippen LogP contribution is -2.38. The number of carbonyl (C=O) groups is 1. The van der Waals surface area contributed by atoms with Crippen LogP contribution in [0.25, 0.3) is 0 Å². The van der Waals surface area contributed by atoms with Gasteiger partial charge < -0.3 is 9.42 Å². The number of likely N-dealkylation sites (tertiary alicyclic amines) is 1. The number of nitrogens with zero attached hydrogens (tertiary/aromatic N) is 5. The summed E-state index contributed by atoms with van der Waals surface area (Å²) >= 11 is 0. The maximum atomic E-state index is 12.8. The average Bonchev–Trinajstić information content (AvgIpc) is 3.21. The monoisotopic (exact) mass is 345 g/mol. The number of aryl methyl sites for hydroxylation is 2. The molecule has 0 spiro atoms. The van der Waals surface area contributed by atoms with Crippen LogP contribution in [0.1, 0.15) is 62.9 Å². The van der Waals surface area contributed by atoms with Crippen LogP contribution in [-0.4, -0.2) is 37.3 Å². The zero-order valence-corrected chi connectivity index (χ0v) is 15.3. The predicted molar refractivity (Wildman–Crippen MR) is 92.7 cm³/mol. The molecule has 1 unspecified atom stereocenters. The molecule has 1 atom stereocenters. The Morgan fingerprint density at radius 1 is 1.40 bits per heavy atom. The molecule has 0 bridgehead atoms. The fourth-order valence-corrected chi connectivity index (χ4v) is 3.33. The van der Waals surface area contributed by atoms with Crippen molar-refractivity contribution >= 4 is 5.91 Å². The smallest absolute Gasteiger partial charge is 0.249 e. The minimum Gasteiger partial charge on any atom is -0.337 e. The highest BCUT2D eigenvalue weighted by atomic mass is 16.5. The highest BCUT2D eigenvalue weighted by molar-refractivity contribution is 5.77. The fraction of sp³-hybridized carbons (Fsp3) is 0.667. The van der Waals surface area contributed by atoms with Crippen LogP contribution in [0.5, 0.6) is 0 Å². The molecular formula is C18H27N5O2. The highest BCUT2D eigenvalue weighted by Gasteiger charge is 2.31. The second kappa shape index (κ2) is 7.80. The van der Waals surface area contributed by atoms with E-state index >= 15 is 0 Å². The summed E-state index contributed by atoms with van der Waals surface area (Å²) in [6, 6.07) is -0.0800. The lowest BCUT2D eigenvalue weighted by molar-refractivity contribution is -0.135. The molecule has 1 amide bonds. The van der Waals surface area contributed by atoms with Gasteiger partial charge >= 0.3 is 0 Å². The normalized spacial score (nSPS) is 18.1. The van der Waals surface area contributed by atoms with Crippen molar-refractivity contribution in [2.24, 2.45) is 13.0 Å². The summed E-state index contributed by atoms with van der Waals surface area (Å²) < 4.78 is 7.25. The fourth-order valence-electron chi connectivity index (χ4n) is 3.33. The summed E-state index contributed by atoms with van der Waals surface area (Å²) in [5, 5.41) is 8.24. The molecule has 1 aliphatic rings. The van der Waals surface area contributed by atoms with Gasteiger partial charge in [0.2, 0.25) is 11.8 Å². The van der Waals surface area contributed by atoms with Gasteiger partial charge in [0.15, 0.2) is 5.82 Å². The van der Waals surface area contributed by atoms with Crippen molar-refractivity contribution < 1.29 is 9.32 Å². The summed E-state index contributed by atoms with van der Waals surface area (Å²) in [7, 11) is 1.89. The second-order valence-electron chi connectivity index (χ2n) is 7.27. The van der Waals surface area contributed by atoms with Crippen molar-refractivity contribution in [1.82, 2.24) is 24.8 Å². The lowest BCUT2D eigenvalue weighted by Gasteiger charge is -2.33. The SMILES string of the molecule is CC(C)Cc1noc(C2CCCCN2C(=O)CCc2cnn(C)c2)n1. The van der Waals surface area contributed by atoms with E-state index < -0.39 is 0 Å². The molecule has 0 aliphatic carbocycles. The zero-order chi connectivity index (χ0) is 17.8. The van der Waals surface area contributed by atoms with Gasteiger partial charge in [0.05, 0.1) is 6.20 Å². The van der Waals surface area contributed by atoms with E-state index in [1.165, 1.54) is 0 Å². The third-order valence-electron chi connectivity index (χ3n) is 4.57. The Hall–Kier alpha value is -2.18. The summed E-state index contributed by atoms with van der Waals surface area (Å²) in [6.07, 6.45) is 8.76. The maximum Gasteiger partial charge on any atom is 0.249 e. The van der Waals surface area contributed by atoms with E-state index in [0.29, 0.717) is 24.7 Å². The summed E-state index contributed by atoms with van der Waals surface area (Å²) in [5.74, 6) is 1.95. The third-order valence-corrected chi connectivity index (χ3v) is 4.57. The first kappa shape index (κ1) is 17.6. The number of hydrogen-bond acceptors (Lipinski definition) is 5. The Kier molecular flexibility index (Phi) is 5.50. The Balaban J connectivity index is 1.65. The Labute approximate surface area is 148 Å². The van der Waals surface area contributed by atoms with Crippen LogP contribution in [0.15, 0.2) is 16.9 Å². The molecule has 2 aromatic rings. The van der Waals surface area contributed by atoms with Gasteiger partial charge in [-0.05, 0) is 37.2 Å². The first-order chi connectivity index (χ1) is 12.0. The summed E-state index contributed by atoms with van der Waals surface area (Å²) in [6.45, 7) is 5.02. The van der Waals surface area contributed by atoms with Crippen LogP contribution in [-0.2, 0) is 24.7 Å². The Bertz CT molecular complexity index is 706.